The van der Waals surface area contributed by atoms with Crippen LogP contribution in [0.2, 0.25) is 10.0 Å². The number of hydrogen-bond acceptors (Lipinski definition) is 4. The van der Waals surface area contributed by atoms with Crippen LogP contribution in [0, 0.1) is 10.5 Å². The number of benzene rings is 1. The molecule has 1 amide bonds. The van der Waals surface area contributed by atoms with Gasteiger partial charge in [-0.2, -0.15) is 0 Å². The van der Waals surface area contributed by atoms with E-state index in [0.717, 1.165) is 3.57 Å². The number of carbonyl (C=O) groups is 2. The Balaban J connectivity index is 1.97. The van der Waals surface area contributed by atoms with Crippen molar-refractivity contribution >= 4 is 63.5 Å². The van der Waals surface area contributed by atoms with Crippen LogP contribution in [0.5, 0.6) is 0 Å². The third-order valence-electron chi connectivity index (χ3n) is 2.89. The maximum atomic E-state index is 11.9. The van der Waals surface area contributed by atoms with Crippen molar-refractivity contribution in [3.8, 4) is 0 Å². The molecule has 0 aliphatic rings. The van der Waals surface area contributed by atoms with Crippen molar-refractivity contribution in [2.24, 2.45) is 0 Å². The molecule has 0 bridgehead atoms. The van der Waals surface area contributed by atoms with Gasteiger partial charge in [0.1, 0.15) is 0 Å². The number of esters is 1. The van der Waals surface area contributed by atoms with Gasteiger partial charge in [-0.15, -0.1) is 0 Å². The van der Waals surface area contributed by atoms with Gasteiger partial charge in [0.15, 0.2) is 12.4 Å². The van der Waals surface area contributed by atoms with Crippen LogP contribution in [0.4, 0.5) is 5.82 Å². The number of pyridine rings is 1. The lowest BCUT2D eigenvalue weighted by atomic mass is 10.2. The Labute approximate surface area is 156 Å². The number of nitrogens with zero attached hydrogens (tertiary/aromatic N) is 1. The van der Waals surface area contributed by atoms with Crippen molar-refractivity contribution in [2.75, 3.05) is 11.9 Å². The highest BCUT2D eigenvalue weighted by atomic mass is 127. The SMILES string of the molecule is Cc1c(Cl)cnc(NC(=O)COC(=O)c2ccccc2I)c1Cl. The zero-order valence-electron chi connectivity index (χ0n) is 11.9. The molecule has 0 atom stereocenters. The molecule has 0 spiro atoms. The van der Waals surface area contributed by atoms with E-state index in [9.17, 15) is 9.59 Å². The lowest BCUT2D eigenvalue weighted by molar-refractivity contribution is -0.119. The Kier molecular flexibility index (Phi) is 6.20. The fourth-order valence-corrected chi connectivity index (χ4v) is 2.65. The van der Waals surface area contributed by atoms with Crippen LogP contribution < -0.4 is 5.32 Å². The first-order valence-corrected chi connectivity index (χ1v) is 8.25. The second kappa shape index (κ2) is 7.94. The van der Waals surface area contributed by atoms with E-state index in [2.05, 4.69) is 10.3 Å². The number of hydrogen-bond donors (Lipinski definition) is 1. The summed E-state index contributed by atoms with van der Waals surface area (Å²) < 4.78 is 5.73. The Morgan fingerprint density at radius 1 is 1.30 bits per heavy atom. The monoisotopic (exact) mass is 464 g/mol. The summed E-state index contributed by atoms with van der Waals surface area (Å²) >= 11 is 14.0. The molecule has 2 rings (SSSR count). The van der Waals surface area contributed by atoms with Crippen LogP contribution >= 0.6 is 45.8 Å². The molecule has 0 radical (unpaired) electrons. The van der Waals surface area contributed by atoms with Crippen LogP contribution in [-0.2, 0) is 9.53 Å². The van der Waals surface area contributed by atoms with Crippen LogP contribution in [0.15, 0.2) is 30.5 Å². The average molecular weight is 465 g/mol. The summed E-state index contributed by atoms with van der Waals surface area (Å²) in [4.78, 5) is 27.7. The molecule has 23 heavy (non-hydrogen) atoms. The van der Waals surface area contributed by atoms with Gasteiger partial charge < -0.3 is 10.1 Å². The number of carbonyl (C=O) groups excluding carboxylic acids is 2. The van der Waals surface area contributed by atoms with Gasteiger partial charge in [-0.1, -0.05) is 35.3 Å². The maximum absolute atomic E-state index is 11.9. The van der Waals surface area contributed by atoms with Gasteiger partial charge in [0.25, 0.3) is 5.91 Å². The molecule has 2 aromatic rings. The fourth-order valence-electron chi connectivity index (χ4n) is 1.65. The summed E-state index contributed by atoms with van der Waals surface area (Å²) in [5.41, 5.74) is 1.01. The van der Waals surface area contributed by atoms with E-state index in [1.807, 2.05) is 28.7 Å². The number of rotatable bonds is 4. The van der Waals surface area contributed by atoms with E-state index >= 15 is 0 Å². The van der Waals surface area contributed by atoms with Crippen molar-refractivity contribution in [1.82, 2.24) is 4.98 Å². The predicted molar refractivity (Wildman–Crippen MR) is 97.1 cm³/mol. The van der Waals surface area contributed by atoms with E-state index in [4.69, 9.17) is 27.9 Å². The number of anilines is 1. The molecule has 1 aromatic carbocycles. The van der Waals surface area contributed by atoms with Crippen LogP contribution in [0.3, 0.4) is 0 Å². The predicted octanol–water partition coefficient (Wildman–Crippen LogP) is 4.10. The lowest BCUT2D eigenvalue weighted by Crippen LogP contribution is -2.22. The first-order chi connectivity index (χ1) is 10.9. The summed E-state index contributed by atoms with van der Waals surface area (Å²) in [6.07, 6.45) is 1.39. The standard InChI is InChI=1S/C15H11Cl2IN2O3/c1-8-10(16)6-19-14(13(8)17)20-12(21)7-23-15(22)9-4-2-3-5-11(9)18/h2-6H,7H2,1H3,(H,19,20,21). The molecule has 8 heteroatoms. The number of amides is 1. The number of halogens is 3. The molecular formula is C15H11Cl2IN2O3. The van der Waals surface area contributed by atoms with E-state index in [0.29, 0.717) is 16.1 Å². The molecule has 120 valence electrons. The number of aromatic nitrogens is 1. The van der Waals surface area contributed by atoms with E-state index in [1.165, 1.54) is 6.20 Å². The van der Waals surface area contributed by atoms with Crippen molar-refractivity contribution in [1.29, 1.82) is 0 Å². The van der Waals surface area contributed by atoms with Gasteiger partial charge in [0.05, 0.1) is 15.6 Å². The maximum Gasteiger partial charge on any atom is 0.339 e. The first kappa shape index (κ1) is 18.0. The first-order valence-electron chi connectivity index (χ1n) is 6.42. The number of nitrogens with one attached hydrogen (secondary N) is 1. The molecule has 0 aliphatic carbocycles. The van der Waals surface area contributed by atoms with Gasteiger partial charge in [-0.05, 0) is 47.2 Å². The Hall–Kier alpha value is -1.38. The highest BCUT2D eigenvalue weighted by Gasteiger charge is 2.15. The Morgan fingerprint density at radius 2 is 2.00 bits per heavy atom. The molecule has 0 aliphatic heterocycles. The van der Waals surface area contributed by atoms with Gasteiger partial charge in [0, 0.05) is 9.77 Å². The summed E-state index contributed by atoms with van der Waals surface area (Å²) in [7, 11) is 0. The van der Waals surface area contributed by atoms with Gasteiger partial charge >= 0.3 is 5.97 Å². The molecule has 0 fully saturated rings. The second-order valence-corrected chi connectivity index (χ2v) is 6.45. The minimum Gasteiger partial charge on any atom is -0.452 e. The zero-order chi connectivity index (χ0) is 17.0. The van der Waals surface area contributed by atoms with E-state index in [-0.39, 0.29) is 10.8 Å². The quantitative estimate of drug-likeness (QED) is 0.546. The average Bonchev–Trinajstić information content (AvgIpc) is 2.53. The van der Waals surface area contributed by atoms with Crippen molar-refractivity contribution in [2.45, 2.75) is 6.92 Å². The Bertz CT molecular complexity index is 768. The molecule has 5 nitrogen and oxygen atoms in total. The fraction of sp³-hybridized carbons (Fsp3) is 0.133. The normalized spacial score (nSPS) is 10.3. The second-order valence-electron chi connectivity index (χ2n) is 4.50. The third kappa shape index (κ3) is 4.55. The molecule has 1 aromatic heterocycles. The van der Waals surface area contributed by atoms with Gasteiger partial charge in [0.2, 0.25) is 0 Å². The summed E-state index contributed by atoms with van der Waals surface area (Å²) in [6.45, 7) is 1.27. The minimum atomic E-state index is -0.573. The lowest BCUT2D eigenvalue weighted by Gasteiger charge is -2.10. The highest BCUT2D eigenvalue weighted by Crippen LogP contribution is 2.28. The zero-order valence-corrected chi connectivity index (χ0v) is 15.6. The molecular weight excluding hydrogens is 454 g/mol. The van der Waals surface area contributed by atoms with Crippen molar-refractivity contribution in [3.05, 3.63) is 55.2 Å². The highest BCUT2D eigenvalue weighted by molar-refractivity contribution is 14.1. The molecule has 0 unspecified atom stereocenters. The van der Waals surface area contributed by atoms with E-state index in [1.54, 1.807) is 25.1 Å². The Morgan fingerprint density at radius 3 is 2.70 bits per heavy atom. The van der Waals surface area contributed by atoms with Crippen molar-refractivity contribution in [3.63, 3.8) is 0 Å². The topological polar surface area (TPSA) is 68.3 Å². The largest absolute Gasteiger partial charge is 0.452 e. The molecule has 0 saturated heterocycles. The van der Waals surface area contributed by atoms with E-state index < -0.39 is 18.5 Å². The summed E-state index contributed by atoms with van der Waals surface area (Å²) in [5, 5.41) is 3.13. The third-order valence-corrected chi connectivity index (χ3v) is 4.67. The molecule has 1 heterocycles. The van der Waals surface area contributed by atoms with Gasteiger partial charge in [-0.3, -0.25) is 4.79 Å². The van der Waals surface area contributed by atoms with Crippen molar-refractivity contribution < 1.29 is 14.3 Å². The number of ether oxygens (including phenoxy) is 1. The van der Waals surface area contributed by atoms with Crippen LogP contribution in [-0.4, -0.2) is 23.5 Å². The van der Waals surface area contributed by atoms with Crippen LogP contribution in [0.25, 0.3) is 0 Å². The summed E-state index contributed by atoms with van der Waals surface area (Å²) in [6, 6.07) is 6.93. The smallest absolute Gasteiger partial charge is 0.339 e. The summed E-state index contributed by atoms with van der Waals surface area (Å²) in [5.74, 6) is -0.944. The molecule has 0 saturated carbocycles. The molecule has 1 N–H and O–H groups in total. The minimum absolute atomic E-state index is 0.170. The van der Waals surface area contributed by atoms with Crippen LogP contribution in [0.1, 0.15) is 15.9 Å². The van der Waals surface area contributed by atoms with Gasteiger partial charge in [-0.25, -0.2) is 9.78 Å².